The number of hydrogen-bond donors (Lipinski definition) is 2. The van der Waals surface area contributed by atoms with Gasteiger partial charge in [-0.15, -0.1) is 0 Å². The molecule has 0 atom stereocenters. The number of methoxy groups -OCH3 is 1. The van der Waals surface area contributed by atoms with Gasteiger partial charge in [0.1, 0.15) is 6.61 Å². The number of carbonyl (C=O) groups is 2. The minimum absolute atomic E-state index is 0.0239. The maximum absolute atomic E-state index is 12.1. The number of nitrogens with one attached hydrogen (secondary N) is 2. The number of amides is 1. The first-order valence-corrected chi connectivity index (χ1v) is 9.88. The molecule has 1 aromatic heterocycles. The number of benzene rings is 2. The van der Waals surface area contributed by atoms with Crippen molar-refractivity contribution in [2.45, 2.75) is 12.3 Å². The molecular formula is C24H21N3O4. The van der Waals surface area contributed by atoms with Crippen molar-refractivity contribution < 1.29 is 19.1 Å². The van der Waals surface area contributed by atoms with E-state index in [1.807, 2.05) is 24.3 Å². The number of ether oxygens (including phenoxy) is 2. The van der Waals surface area contributed by atoms with Gasteiger partial charge in [-0.3, -0.25) is 5.10 Å². The van der Waals surface area contributed by atoms with Crippen LogP contribution < -0.4 is 5.32 Å². The third kappa shape index (κ3) is 4.28. The first-order chi connectivity index (χ1) is 15.2. The summed E-state index contributed by atoms with van der Waals surface area (Å²) in [7, 11) is 1.29. The second-order valence-electron chi connectivity index (χ2n) is 6.95. The van der Waals surface area contributed by atoms with Crippen LogP contribution in [0.1, 0.15) is 39.5 Å². The molecule has 1 amide bonds. The Balaban J connectivity index is 1.29. The molecule has 7 nitrogen and oxygen atoms in total. The Hall–Kier alpha value is -4.05. The Labute approximate surface area is 179 Å². The van der Waals surface area contributed by atoms with Gasteiger partial charge in [0.2, 0.25) is 0 Å². The van der Waals surface area contributed by atoms with E-state index in [-0.39, 0.29) is 18.2 Å². The maximum atomic E-state index is 12.1. The first kappa shape index (κ1) is 20.2. The third-order valence-electron chi connectivity index (χ3n) is 5.11. The van der Waals surface area contributed by atoms with Crippen LogP contribution in [0.4, 0.5) is 4.79 Å². The van der Waals surface area contributed by atoms with Crippen molar-refractivity contribution >= 4 is 12.1 Å². The van der Waals surface area contributed by atoms with Gasteiger partial charge in [-0.1, -0.05) is 60.4 Å². The molecular weight excluding hydrogens is 394 g/mol. The normalized spacial score (nSPS) is 11.6. The molecule has 2 N–H and O–H groups in total. The Bertz CT molecular complexity index is 1130. The van der Waals surface area contributed by atoms with E-state index in [4.69, 9.17) is 4.74 Å². The van der Waals surface area contributed by atoms with E-state index in [1.165, 1.54) is 35.6 Å². The predicted molar refractivity (Wildman–Crippen MR) is 114 cm³/mol. The molecule has 7 heteroatoms. The molecule has 0 fully saturated rings. The third-order valence-corrected chi connectivity index (χ3v) is 5.11. The lowest BCUT2D eigenvalue weighted by atomic mass is 9.98. The summed E-state index contributed by atoms with van der Waals surface area (Å²) in [6.45, 7) is 0.595. The number of aromatic nitrogens is 2. The van der Waals surface area contributed by atoms with Crippen molar-refractivity contribution in [3.05, 3.63) is 77.1 Å². The number of rotatable bonds is 5. The van der Waals surface area contributed by atoms with E-state index < -0.39 is 12.1 Å². The molecule has 156 valence electrons. The van der Waals surface area contributed by atoms with Crippen LogP contribution in [0.25, 0.3) is 11.1 Å². The first-order valence-electron chi connectivity index (χ1n) is 9.88. The SMILES string of the molecule is COC(=O)c1[nH]ncc1C#CCCNC(=O)OCC1c2ccccc2-c2ccccc21. The van der Waals surface area contributed by atoms with Gasteiger partial charge < -0.3 is 14.8 Å². The van der Waals surface area contributed by atoms with Crippen molar-refractivity contribution in [2.24, 2.45) is 0 Å². The van der Waals surface area contributed by atoms with Gasteiger partial charge in [-0.2, -0.15) is 5.10 Å². The fourth-order valence-electron chi connectivity index (χ4n) is 3.67. The smallest absolute Gasteiger partial charge is 0.407 e. The molecule has 0 saturated carbocycles. The predicted octanol–water partition coefficient (Wildman–Crippen LogP) is 3.48. The minimum atomic E-state index is -0.529. The molecule has 1 aliphatic rings. The van der Waals surface area contributed by atoms with Gasteiger partial charge >= 0.3 is 12.1 Å². The molecule has 4 rings (SSSR count). The molecule has 3 aromatic rings. The number of alkyl carbamates (subject to hydrolysis) is 1. The zero-order valence-corrected chi connectivity index (χ0v) is 17.0. The zero-order valence-electron chi connectivity index (χ0n) is 17.0. The molecule has 0 saturated heterocycles. The van der Waals surface area contributed by atoms with Gasteiger partial charge in [-0.25, -0.2) is 9.59 Å². The highest BCUT2D eigenvalue weighted by Gasteiger charge is 2.28. The number of carbonyl (C=O) groups excluding carboxylic acids is 2. The molecule has 0 radical (unpaired) electrons. The molecule has 31 heavy (non-hydrogen) atoms. The van der Waals surface area contributed by atoms with E-state index in [9.17, 15) is 9.59 Å². The summed E-state index contributed by atoms with van der Waals surface area (Å²) < 4.78 is 10.1. The Kier molecular flexibility index (Phi) is 5.99. The van der Waals surface area contributed by atoms with Crippen LogP contribution in [0.5, 0.6) is 0 Å². The lowest BCUT2D eigenvalue weighted by Gasteiger charge is -2.14. The largest absolute Gasteiger partial charge is 0.464 e. The van der Waals surface area contributed by atoms with Crippen LogP contribution in [-0.4, -0.2) is 42.5 Å². The summed E-state index contributed by atoms with van der Waals surface area (Å²) in [5, 5.41) is 9.06. The molecule has 1 aliphatic carbocycles. The average Bonchev–Trinajstić information content (AvgIpc) is 3.39. The molecule has 0 unspecified atom stereocenters. The average molecular weight is 415 g/mol. The lowest BCUT2D eigenvalue weighted by molar-refractivity contribution is 0.0593. The topological polar surface area (TPSA) is 93.3 Å². The van der Waals surface area contributed by atoms with Crippen LogP contribution >= 0.6 is 0 Å². The van der Waals surface area contributed by atoms with E-state index in [1.54, 1.807) is 0 Å². The van der Waals surface area contributed by atoms with E-state index >= 15 is 0 Å². The highest BCUT2D eigenvalue weighted by Crippen LogP contribution is 2.44. The fourth-order valence-corrected chi connectivity index (χ4v) is 3.67. The minimum Gasteiger partial charge on any atom is -0.464 e. The number of nitrogens with zero attached hydrogens (tertiary/aromatic N) is 1. The fraction of sp³-hybridized carbons (Fsp3) is 0.208. The van der Waals surface area contributed by atoms with Crippen LogP contribution in [0.3, 0.4) is 0 Å². The van der Waals surface area contributed by atoms with Gasteiger partial charge in [0.15, 0.2) is 5.69 Å². The molecule has 0 bridgehead atoms. The quantitative estimate of drug-likeness (QED) is 0.378. The van der Waals surface area contributed by atoms with Crippen molar-refractivity contribution in [1.82, 2.24) is 15.5 Å². The van der Waals surface area contributed by atoms with Gasteiger partial charge in [0.25, 0.3) is 0 Å². The highest BCUT2D eigenvalue weighted by atomic mass is 16.5. The molecule has 0 aliphatic heterocycles. The van der Waals surface area contributed by atoms with Crippen LogP contribution in [-0.2, 0) is 9.47 Å². The number of esters is 1. The monoisotopic (exact) mass is 415 g/mol. The Morgan fingerprint density at radius 1 is 1.10 bits per heavy atom. The number of fused-ring (bicyclic) bond motifs is 3. The van der Waals surface area contributed by atoms with Crippen molar-refractivity contribution in [3.8, 4) is 23.0 Å². The summed E-state index contributed by atoms with van der Waals surface area (Å²) in [6, 6.07) is 16.4. The van der Waals surface area contributed by atoms with E-state index in [2.05, 4.69) is 56.4 Å². The lowest BCUT2D eigenvalue weighted by Crippen LogP contribution is -2.26. The standard InChI is InChI=1S/C24H21N3O4/c1-30-23(28)22-16(14-26-27-22)8-6-7-13-25-24(29)31-15-21-19-11-4-2-9-17(19)18-10-3-5-12-20(18)21/h2-5,9-12,14,21H,7,13,15H2,1H3,(H,25,29)(H,26,27). The second-order valence-corrected chi connectivity index (χ2v) is 6.95. The van der Waals surface area contributed by atoms with E-state index in [0.717, 1.165) is 0 Å². The van der Waals surface area contributed by atoms with Crippen LogP contribution in [0, 0.1) is 11.8 Å². The van der Waals surface area contributed by atoms with Gasteiger partial charge in [-0.05, 0) is 22.3 Å². The highest BCUT2D eigenvalue weighted by molar-refractivity contribution is 5.89. The van der Waals surface area contributed by atoms with Crippen molar-refractivity contribution in [2.75, 3.05) is 20.3 Å². The second kappa shape index (κ2) is 9.18. The van der Waals surface area contributed by atoms with Gasteiger partial charge in [0, 0.05) is 18.9 Å². The number of aromatic amines is 1. The maximum Gasteiger partial charge on any atom is 0.407 e. The van der Waals surface area contributed by atoms with Gasteiger partial charge in [0.05, 0.1) is 18.9 Å². The zero-order chi connectivity index (χ0) is 21.6. The van der Waals surface area contributed by atoms with Crippen LogP contribution in [0.15, 0.2) is 54.7 Å². The number of hydrogen-bond acceptors (Lipinski definition) is 5. The molecule has 2 aromatic carbocycles. The van der Waals surface area contributed by atoms with E-state index in [0.29, 0.717) is 18.5 Å². The summed E-state index contributed by atoms with van der Waals surface area (Å²) in [5.41, 5.74) is 5.38. The molecule has 1 heterocycles. The number of H-pyrrole nitrogens is 1. The van der Waals surface area contributed by atoms with Crippen LogP contribution in [0.2, 0.25) is 0 Å². The summed E-state index contributed by atoms with van der Waals surface area (Å²) >= 11 is 0. The molecule has 0 spiro atoms. The summed E-state index contributed by atoms with van der Waals surface area (Å²) in [5.74, 6) is 5.24. The summed E-state index contributed by atoms with van der Waals surface area (Å²) in [6.07, 6.45) is 1.37. The Morgan fingerprint density at radius 2 is 1.77 bits per heavy atom. The Morgan fingerprint density at radius 3 is 2.45 bits per heavy atom. The van der Waals surface area contributed by atoms with Crippen molar-refractivity contribution in [3.63, 3.8) is 0 Å². The summed E-state index contributed by atoms with van der Waals surface area (Å²) in [4.78, 5) is 23.7. The van der Waals surface area contributed by atoms with Crippen molar-refractivity contribution in [1.29, 1.82) is 0 Å².